The highest BCUT2D eigenvalue weighted by Gasteiger charge is 2.32. The van der Waals surface area contributed by atoms with E-state index in [0.717, 1.165) is 92.1 Å². The van der Waals surface area contributed by atoms with Crippen LogP contribution < -0.4 is 24.3 Å². The predicted molar refractivity (Wildman–Crippen MR) is 331 cm³/mol. The van der Waals surface area contributed by atoms with Gasteiger partial charge < -0.3 is 34.5 Å². The van der Waals surface area contributed by atoms with E-state index in [1.54, 1.807) is 36.7 Å². The van der Waals surface area contributed by atoms with E-state index in [2.05, 4.69) is 100 Å². The Bertz CT molecular complexity index is 3830. The molecule has 2 fully saturated rings. The Morgan fingerprint density at radius 3 is 1.66 bits per heavy atom. The van der Waals surface area contributed by atoms with Crippen molar-refractivity contribution in [1.82, 2.24) is 20.2 Å². The van der Waals surface area contributed by atoms with Crippen molar-refractivity contribution in [2.45, 2.75) is 108 Å². The maximum absolute atomic E-state index is 12.0. The molecule has 2 aliphatic heterocycles. The SMILES string of the molecule is N#Cc1cncc(COc2cc(OC3CCc4c(-c5ccccc5)cccc43)c(Cl)cc2C=O)c1.N#Cc1cncc(COc2cc(OC3CCc4c(-c5ccccc5)cccc43)c(Cl)cc2CN2CCCC[C@H]2C(=O)O)c1.O=C(O)[C@@H]1CCCCN1. The van der Waals surface area contributed by atoms with Crippen LogP contribution in [-0.4, -0.2) is 68.5 Å². The summed E-state index contributed by atoms with van der Waals surface area (Å²) in [6.07, 6.45) is 15.5. The average Bonchev–Trinajstić information content (AvgIpc) is 2.71. The van der Waals surface area contributed by atoms with Crippen molar-refractivity contribution in [2.24, 2.45) is 0 Å². The van der Waals surface area contributed by atoms with Gasteiger partial charge in [-0.1, -0.05) is 133 Å². The first-order chi connectivity index (χ1) is 42.5. The van der Waals surface area contributed by atoms with E-state index in [-0.39, 0.29) is 31.5 Å². The van der Waals surface area contributed by atoms with Crippen molar-refractivity contribution in [3.8, 4) is 57.4 Å². The molecule has 2 aromatic heterocycles. The molecule has 2 aliphatic carbocycles. The number of rotatable bonds is 17. The third-order valence-corrected chi connectivity index (χ3v) is 16.6. The number of fused-ring (bicyclic) bond motifs is 2. The van der Waals surface area contributed by atoms with Crippen LogP contribution in [0.4, 0.5) is 0 Å². The summed E-state index contributed by atoms with van der Waals surface area (Å²) >= 11 is 13.3. The van der Waals surface area contributed by atoms with E-state index < -0.39 is 18.0 Å². The zero-order valence-electron chi connectivity index (χ0n) is 47.7. The number of hydrogen-bond donors (Lipinski definition) is 3. The molecule has 0 radical (unpaired) electrons. The van der Waals surface area contributed by atoms with Gasteiger partial charge in [-0.15, -0.1) is 0 Å². The number of aliphatic carboxylic acids is 2. The molecule has 0 spiro atoms. The summed E-state index contributed by atoms with van der Waals surface area (Å²) in [5.41, 5.74) is 13.1. The van der Waals surface area contributed by atoms with Gasteiger partial charge in [0.1, 0.15) is 72.6 Å². The first-order valence-corrected chi connectivity index (χ1v) is 29.9. The molecule has 2 unspecified atom stereocenters. The molecular formula is C70H64Cl2N6O9. The lowest BCUT2D eigenvalue weighted by atomic mass is 9.97. The highest BCUT2D eigenvalue weighted by atomic mass is 35.5. The Hall–Kier alpha value is -9.09. The van der Waals surface area contributed by atoms with E-state index >= 15 is 0 Å². The Morgan fingerprint density at radius 1 is 0.609 bits per heavy atom. The van der Waals surface area contributed by atoms with Crippen LogP contribution in [0.25, 0.3) is 22.3 Å². The van der Waals surface area contributed by atoms with Crippen molar-refractivity contribution in [1.29, 1.82) is 10.5 Å². The number of piperidine rings is 2. The van der Waals surface area contributed by atoms with Gasteiger partial charge in [-0.05, 0) is 133 Å². The second-order valence-electron chi connectivity index (χ2n) is 21.7. The molecule has 12 rings (SSSR count). The lowest BCUT2D eigenvalue weighted by Gasteiger charge is -2.33. The third-order valence-electron chi connectivity index (χ3n) is 16.0. The summed E-state index contributed by atoms with van der Waals surface area (Å²) < 4.78 is 25.2. The lowest BCUT2D eigenvalue weighted by Crippen LogP contribution is -2.44. The molecular weight excluding hydrogens is 1140 g/mol. The van der Waals surface area contributed by atoms with Gasteiger partial charge >= 0.3 is 11.9 Å². The Labute approximate surface area is 515 Å². The molecule has 4 aliphatic rings. The number of carboxylic acid groups (broad SMARTS) is 2. The maximum Gasteiger partial charge on any atom is 0.320 e. The van der Waals surface area contributed by atoms with E-state index in [0.29, 0.717) is 75.5 Å². The number of nitrogens with one attached hydrogen (secondary N) is 1. The third kappa shape index (κ3) is 15.3. The number of benzene rings is 6. The predicted octanol–water partition coefficient (Wildman–Crippen LogP) is 14.3. The minimum Gasteiger partial charge on any atom is -0.488 e. The number of carbonyl (C=O) groups is 3. The van der Waals surface area contributed by atoms with Gasteiger partial charge in [0.15, 0.2) is 6.29 Å². The number of pyridine rings is 2. The molecule has 15 nitrogen and oxygen atoms in total. The van der Waals surface area contributed by atoms with Gasteiger partial charge in [0.05, 0.1) is 26.7 Å². The quantitative estimate of drug-likeness (QED) is 0.0723. The minimum absolute atomic E-state index is 0.150. The van der Waals surface area contributed by atoms with Gasteiger partial charge in [-0.25, -0.2) is 0 Å². The van der Waals surface area contributed by atoms with Gasteiger partial charge in [0.2, 0.25) is 0 Å². The summed E-state index contributed by atoms with van der Waals surface area (Å²) in [5, 5.41) is 40.4. The number of aldehydes is 1. The number of aromatic nitrogens is 2. The fourth-order valence-electron chi connectivity index (χ4n) is 11.7. The van der Waals surface area contributed by atoms with Crippen molar-refractivity contribution in [2.75, 3.05) is 13.1 Å². The molecule has 17 heteroatoms. The van der Waals surface area contributed by atoms with Crippen LogP contribution in [0.2, 0.25) is 10.0 Å². The molecule has 4 atom stereocenters. The molecule has 8 aromatic rings. The molecule has 6 aromatic carbocycles. The highest BCUT2D eigenvalue weighted by molar-refractivity contribution is 6.32. The average molecular weight is 1200 g/mol. The molecule has 0 saturated carbocycles. The summed E-state index contributed by atoms with van der Waals surface area (Å²) in [4.78, 5) is 44.1. The number of nitrogens with zero attached hydrogens (tertiary/aromatic N) is 5. The standard InChI is InChI=1S/C35H32ClN3O4.C29H21ClN2O3.C6H11NO2/c36-30-16-26(21-39-14-5-4-11-31(39)35(40)41)33(42-22-24-15-23(18-37)19-38-20-24)17-34(30)43-32-13-12-28-27(9-6-10-29(28)32)25-7-2-1-3-8-25;30-26-12-22(17-33)28(34-18-20-11-19(14-31)15-32-16-20)13-29(26)35-27-10-9-24-23(7-4-8-25(24)27)21-5-2-1-3-6-21;8-6(9)5-3-1-2-4-7-5/h1-3,6-10,15-17,19-20,31-32H,4-5,11-14,21-22H2,(H,40,41);1-8,11-13,15-17,27H,9-10,18H2;5,7H,1-4H2,(H,8,9)/t31-,32?;;5-/m0.0/s1. The Kier molecular flexibility index (Phi) is 20.6. The molecule has 0 amide bonds. The van der Waals surface area contributed by atoms with Crippen molar-refractivity contribution < 1.29 is 43.5 Å². The molecule has 3 N–H and O–H groups in total. The second-order valence-corrected chi connectivity index (χ2v) is 22.5. The summed E-state index contributed by atoms with van der Waals surface area (Å²) in [6, 6.07) is 47.0. The van der Waals surface area contributed by atoms with Crippen LogP contribution in [0, 0.1) is 22.7 Å². The summed E-state index contributed by atoms with van der Waals surface area (Å²) in [6.45, 7) is 2.26. The van der Waals surface area contributed by atoms with Crippen LogP contribution in [0.1, 0.15) is 124 Å². The monoisotopic (exact) mass is 1200 g/mol. The van der Waals surface area contributed by atoms with Crippen molar-refractivity contribution >= 4 is 41.4 Å². The highest BCUT2D eigenvalue weighted by Crippen LogP contribution is 2.45. The Morgan fingerprint density at radius 2 is 1.15 bits per heavy atom. The van der Waals surface area contributed by atoms with E-state index in [1.807, 2.05) is 41.3 Å². The summed E-state index contributed by atoms with van der Waals surface area (Å²) in [5.74, 6) is 0.364. The Balaban J connectivity index is 0.000000171. The van der Waals surface area contributed by atoms with Crippen LogP contribution in [0.5, 0.6) is 23.0 Å². The number of carboxylic acids is 2. The van der Waals surface area contributed by atoms with Crippen LogP contribution in [0.3, 0.4) is 0 Å². The zero-order valence-corrected chi connectivity index (χ0v) is 49.3. The summed E-state index contributed by atoms with van der Waals surface area (Å²) in [7, 11) is 0. The first kappa shape index (κ1) is 61.0. The maximum atomic E-state index is 12.0. The zero-order chi connectivity index (χ0) is 60.7. The minimum atomic E-state index is -0.817. The van der Waals surface area contributed by atoms with Crippen LogP contribution in [-0.2, 0) is 42.2 Å². The van der Waals surface area contributed by atoms with E-state index in [4.69, 9.17) is 52.5 Å². The smallest absolute Gasteiger partial charge is 0.320 e. The van der Waals surface area contributed by atoms with Crippen LogP contribution >= 0.6 is 23.2 Å². The molecule has 442 valence electrons. The van der Waals surface area contributed by atoms with Crippen molar-refractivity contribution in [3.63, 3.8) is 0 Å². The molecule has 2 saturated heterocycles. The fourth-order valence-corrected chi connectivity index (χ4v) is 12.1. The first-order valence-electron chi connectivity index (χ1n) is 29.1. The second kappa shape index (κ2) is 29.3. The number of carbonyl (C=O) groups excluding carboxylic acids is 1. The van der Waals surface area contributed by atoms with Crippen LogP contribution in [0.15, 0.2) is 158 Å². The number of nitriles is 2. The normalized spacial score (nSPS) is 17.5. The topological polar surface area (TPSA) is 217 Å². The fraction of sp³-hybridized carbons (Fsp3) is 0.271. The largest absolute Gasteiger partial charge is 0.488 e. The number of ether oxygens (including phenoxy) is 4. The molecule has 87 heavy (non-hydrogen) atoms. The molecule has 4 heterocycles. The van der Waals surface area contributed by atoms with E-state index in [9.17, 15) is 24.8 Å². The number of hydrogen-bond acceptors (Lipinski definition) is 13. The van der Waals surface area contributed by atoms with E-state index in [1.165, 1.54) is 45.8 Å². The lowest BCUT2D eigenvalue weighted by molar-refractivity contribution is -0.145. The van der Waals surface area contributed by atoms with Gasteiger partial charge in [-0.3, -0.25) is 29.3 Å². The number of likely N-dealkylation sites (tertiary alicyclic amines) is 1. The van der Waals surface area contributed by atoms with Gasteiger partial charge in [0.25, 0.3) is 0 Å². The molecule has 0 bridgehead atoms. The van der Waals surface area contributed by atoms with Gasteiger partial charge in [-0.2, -0.15) is 10.5 Å². The van der Waals surface area contributed by atoms with Gasteiger partial charge in [0, 0.05) is 60.2 Å². The number of halogens is 2. The van der Waals surface area contributed by atoms with Crippen molar-refractivity contribution in [3.05, 3.63) is 224 Å².